The van der Waals surface area contributed by atoms with Crippen molar-refractivity contribution >= 4 is 5.91 Å². The summed E-state index contributed by atoms with van der Waals surface area (Å²) < 4.78 is 5.48. The summed E-state index contributed by atoms with van der Waals surface area (Å²) in [5.41, 5.74) is 1.10. The quantitative estimate of drug-likeness (QED) is 0.898. The number of rotatable bonds is 5. The van der Waals surface area contributed by atoms with Crippen LogP contribution in [0.4, 0.5) is 0 Å². The third-order valence-corrected chi connectivity index (χ3v) is 4.21. The molecule has 0 spiro atoms. The minimum Gasteiger partial charge on any atom is -0.367 e. The van der Waals surface area contributed by atoms with Crippen LogP contribution < -0.4 is 5.32 Å². The molecule has 1 aromatic carbocycles. The van der Waals surface area contributed by atoms with Gasteiger partial charge in [-0.25, -0.2) is 0 Å². The summed E-state index contributed by atoms with van der Waals surface area (Å²) in [5.74, 6) is 0.861. The average Bonchev–Trinajstić information content (AvgIpc) is 2.46. The Balaban J connectivity index is 1.64. The molecule has 3 heteroatoms. The van der Waals surface area contributed by atoms with Gasteiger partial charge in [0.05, 0.1) is 6.61 Å². The smallest absolute Gasteiger partial charge is 0.246 e. The van der Waals surface area contributed by atoms with E-state index in [0.29, 0.717) is 12.6 Å². The summed E-state index contributed by atoms with van der Waals surface area (Å²) >= 11 is 0. The average molecular weight is 289 g/mol. The molecule has 0 heterocycles. The minimum atomic E-state index is 0.0181. The summed E-state index contributed by atoms with van der Waals surface area (Å²) in [6.07, 6.45) is 7.23. The molecule has 0 saturated heterocycles. The lowest BCUT2D eigenvalue weighted by molar-refractivity contribution is -0.127. The fraction of sp³-hybridized carbons (Fsp3) is 0.611. The first kappa shape index (κ1) is 16.0. The molecular formula is C18H27NO2. The molecule has 0 radical (unpaired) electrons. The fourth-order valence-electron chi connectivity index (χ4n) is 2.96. The van der Waals surface area contributed by atoms with Gasteiger partial charge >= 0.3 is 0 Å². The predicted octanol–water partition coefficient (Wildman–Crippen LogP) is 3.68. The number of nitrogens with one attached hydrogen (secondary N) is 1. The van der Waals surface area contributed by atoms with Crippen molar-refractivity contribution in [1.29, 1.82) is 0 Å². The maximum atomic E-state index is 11.9. The Morgan fingerprint density at radius 2 is 1.81 bits per heavy atom. The lowest BCUT2D eigenvalue weighted by atomic mass is 9.90. The molecule has 2 rings (SSSR count). The van der Waals surface area contributed by atoms with Gasteiger partial charge in [-0.1, -0.05) is 62.9 Å². The second kappa shape index (κ2) is 8.83. The Hall–Kier alpha value is -1.35. The van der Waals surface area contributed by atoms with E-state index >= 15 is 0 Å². The zero-order chi connectivity index (χ0) is 14.9. The minimum absolute atomic E-state index is 0.0181. The van der Waals surface area contributed by atoms with Crippen molar-refractivity contribution < 1.29 is 9.53 Å². The molecule has 116 valence electrons. The molecule has 0 unspecified atom stereocenters. The molecule has 1 aliphatic rings. The van der Waals surface area contributed by atoms with E-state index < -0.39 is 0 Å². The molecule has 0 atom stereocenters. The molecular weight excluding hydrogens is 262 g/mol. The highest BCUT2D eigenvalue weighted by Gasteiger charge is 2.16. The highest BCUT2D eigenvalue weighted by molar-refractivity contribution is 5.77. The molecule has 1 amide bonds. The van der Waals surface area contributed by atoms with Crippen molar-refractivity contribution in [2.24, 2.45) is 5.92 Å². The van der Waals surface area contributed by atoms with E-state index in [2.05, 4.69) is 12.2 Å². The first-order chi connectivity index (χ1) is 10.2. The molecule has 3 nitrogen and oxygen atoms in total. The van der Waals surface area contributed by atoms with E-state index in [1.54, 1.807) is 0 Å². The first-order valence-corrected chi connectivity index (χ1v) is 8.15. The Labute approximate surface area is 128 Å². The number of hydrogen-bond donors (Lipinski definition) is 1. The van der Waals surface area contributed by atoms with Gasteiger partial charge in [0.25, 0.3) is 0 Å². The number of benzene rings is 1. The van der Waals surface area contributed by atoms with Crippen LogP contribution in [0.2, 0.25) is 0 Å². The molecule has 21 heavy (non-hydrogen) atoms. The Morgan fingerprint density at radius 3 is 2.48 bits per heavy atom. The highest BCUT2D eigenvalue weighted by atomic mass is 16.5. The number of ether oxygens (including phenoxy) is 1. The van der Waals surface area contributed by atoms with Crippen molar-refractivity contribution in [3.63, 3.8) is 0 Å². The molecule has 1 fully saturated rings. The first-order valence-electron chi connectivity index (χ1n) is 8.15. The zero-order valence-corrected chi connectivity index (χ0v) is 13.0. The van der Waals surface area contributed by atoms with Gasteiger partial charge in [-0.15, -0.1) is 0 Å². The lowest BCUT2D eigenvalue weighted by Crippen LogP contribution is -2.37. The maximum absolute atomic E-state index is 11.9. The van der Waals surface area contributed by atoms with Gasteiger partial charge < -0.3 is 10.1 Å². The van der Waals surface area contributed by atoms with E-state index in [1.807, 2.05) is 30.3 Å². The number of carbonyl (C=O) groups is 1. The van der Waals surface area contributed by atoms with Crippen LogP contribution in [0.5, 0.6) is 0 Å². The fourth-order valence-corrected chi connectivity index (χ4v) is 2.96. The van der Waals surface area contributed by atoms with Crippen LogP contribution in [0.25, 0.3) is 0 Å². The maximum Gasteiger partial charge on any atom is 0.246 e. The zero-order valence-electron chi connectivity index (χ0n) is 13.0. The van der Waals surface area contributed by atoms with E-state index in [1.165, 1.54) is 25.7 Å². The largest absolute Gasteiger partial charge is 0.367 e. The highest BCUT2D eigenvalue weighted by Crippen LogP contribution is 2.21. The number of carbonyl (C=O) groups excluding carboxylic acids is 1. The molecule has 0 bridgehead atoms. The second-order valence-corrected chi connectivity index (χ2v) is 6.21. The van der Waals surface area contributed by atoms with Gasteiger partial charge in [0.1, 0.15) is 6.61 Å². The Morgan fingerprint density at radius 1 is 1.14 bits per heavy atom. The molecule has 1 saturated carbocycles. The van der Waals surface area contributed by atoms with Gasteiger partial charge in [-0.2, -0.15) is 0 Å². The predicted molar refractivity (Wildman–Crippen MR) is 84.9 cm³/mol. The van der Waals surface area contributed by atoms with E-state index in [-0.39, 0.29) is 12.5 Å². The van der Waals surface area contributed by atoms with Crippen LogP contribution in [0, 0.1) is 5.92 Å². The van der Waals surface area contributed by atoms with E-state index in [9.17, 15) is 4.79 Å². The topological polar surface area (TPSA) is 38.3 Å². The monoisotopic (exact) mass is 289 g/mol. The van der Waals surface area contributed by atoms with Gasteiger partial charge in [-0.05, 0) is 24.3 Å². The van der Waals surface area contributed by atoms with Crippen LogP contribution in [-0.2, 0) is 16.1 Å². The van der Waals surface area contributed by atoms with E-state index in [0.717, 1.165) is 24.3 Å². The van der Waals surface area contributed by atoms with Crippen LogP contribution >= 0.6 is 0 Å². The summed E-state index contributed by atoms with van der Waals surface area (Å²) in [5, 5.41) is 3.12. The summed E-state index contributed by atoms with van der Waals surface area (Å²) in [6.45, 7) is 2.98. The molecule has 1 N–H and O–H groups in total. The third kappa shape index (κ3) is 6.30. The van der Waals surface area contributed by atoms with Crippen molar-refractivity contribution in [3.05, 3.63) is 35.9 Å². The van der Waals surface area contributed by atoms with Crippen molar-refractivity contribution in [2.45, 2.75) is 58.1 Å². The van der Waals surface area contributed by atoms with Crippen molar-refractivity contribution in [3.8, 4) is 0 Å². The van der Waals surface area contributed by atoms with Gasteiger partial charge in [0, 0.05) is 6.04 Å². The molecule has 1 aliphatic carbocycles. The molecule has 0 aliphatic heterocycles. The summed E-state index contributed by atoms with van der Waals surface area (Å²) in [7, 11) is 0. The molecule has 0 aromatic heterocycles. The normalized spacial score (nSPS) is 23.1. The van der Waals surface area contributed by atoms with Crippen molar-refractivity contribution in [2.75, 3.05) is 6.61 Å². The van der Waals surface area contributed by atoms with Gasteiger partial charge in [0.2, 0.25) is 5.91 Å². The van der Waals surface area contributed by atoms with Crippen LogP contribution in [0.1, 0.15) is 51.0 Å². The SMILES string of the molecule is CC1CCCC(NC(=O)COCc2ccccc2)CCC1. The van der Waals surface area contributed by atoms with Crippen LogP contribution in [0.15, 0.2) is 30.3 Å². The van der Waals surface area contributed by atoms with Crippen molar-refractivity contribution in [1.82, 2.24) is 5.32 Å². The number of amides is 1. The van der Waals surface area contributed by atoms with Gasteiger partial charge in [0.15, 0.2) is 0 Å². The Kier molecular flexibility index (Phi) is 6.74. The Bertz CT molecular complexity index is 408. The van der Waals surface area contributed by atoms with Gasteiger partial charge in [-0.3, -0.25) is 4.79 Å². The lowest BCUT2D eigenvalue weighted by Gasteiger charge is -2.23. The second-order valence-electron chi connectivity index (χ2n) is 6.21. The van der Waals surface area contributed by atoms with Crippen LogP contribution in [0.3, 0.4) is 0 Å². The van der Waals surface area contributed by atoms with Crippen LogP contribution in [-0.4, -0.2) is 18.6 Å². The summed E-state index contributed by atoms with van der Waals surface area (Å²) in [4.78, 5) is 11.9. The summed E-state index contributed by atoms with van der Waals surface area (Å²) in [6, 6.07) is 10.3. The molecule has 1 aromatic rings. The number of hydrogen-bond acceptors (Lipinski definition) is 2. The standard InChI is InChI=1S/C18H27NO2/c1-15-7-5-11-17(12-6-8-15)19-18(20)14-21-13-16-9-3-2-4-10-16/h2-4,9-10,15,17H,5-8,11-14H2,1H3,(H,19,20). The third-order valence-electron chi connectivity index (χ3n) is 4.21. The van der Waals surface area contributed by atoms with E-state index in [4.69, 9.17) is 4.74 Å².